The molecule has 0 fully saturated rings. The summed E-state index contributed by atoms with van der Waals surface area (Å²) < 4.78 is 14.0. The lowest BCUT2D eigenvalue weighted by Gasteiger charge is -2.27. The van der Waals surface area contributed by atoms with Gasteiger partial charge in [-0.1, -0.05) is 48.0 Å². The zero-order chi connectivity index (χ0) is 14.5. The predicted octanol–water partition coefficient (Wildman–Crippen LogP) is 3.61. The zero-order valence-corrected chi connectivity index (χ0v) is 12.1. The van der Waals surface area contributed by atoms with Crippen LogP contribution in [0.15, 0.2) is 48.5 Å². The lowest BCUT2D eigenvalue weighted by Crippen LogP contribution is -2.30. The maximum absolute atomic E-state index is 14.0. The Morgan fingerprint density at radius 1 is 1.20 bits per heavy atom. The summed E-state index contributed by atoms with van der Waals surface area (Å²) in [4.78, 5) is 2.04. The van der Waals surface area contributed by atoms with Crippen molar-refractivity contribution in [1.29, 1.82) is 0 Å². The highest BCUT2D eigenvalue weighted by molar-refractivity contribution is 6.30. The predicted molar refractivity (Wildman–Crippen MR) is 81.1 cm³/mol. The van der Waals surface area contributed by atoms with Gasteiger partial charge in [0.15, 0.2) is 0 Å². The summed E-state index contributed by atoms with van der Waals surface area (Å²) in [7, 11) is 1.94. The molecule has 20 heavy (non-hydrogen) atoms. The summed E-state index contributed by atoms with van der Waals surface area (Å²) in [6.07, 6.45) is 0. The average Bonchev–Trinajstić information content (AvgIpc) is 2.43. The van der Waals surface area contributed by atoms with E-state index >= 15 is 0 Å². The summed E-state index contributed by atoms with van der Waals surface area (Å²) >= 11 is 5.79. The maximum Gasteiger partial charge on any atom is 0.129 e. The van der Waals surface area contributed by atoms with Crippen molar-refractivity contribution < 1.29 is 4.39 Å². The van der Waals surface area contributed by atoms with Gasteiger partial charge in [0.2, 0.25) is 0 Å². The number of likely N-dealkylation sites (N-methyl/N-ethyl adjacent to an activating group) is 1. The molecule has 0 aliphatic heterocycles. The fourth-order valence-electron chi connectivity index (χ4n) is 2.30. The van der Waals surface area contributed by atoms with E-state index in [0.29, 0.717) is 23.7 Å². The van der Waals surface area contributed by atoms with E-state index < -0.39 is 0 Å². The second-order valence-electron chi connectivity index (χ2n) is 4.82. The first-order valence-electron chi connectivity index (χ1n) is 6.51. The highest BCUT2D eigenvalue weighted by Gasteiger charge is 2.19. The Balaban J connectivity index is 2.19. The number of halogens is 2. The van der Waals surface area contributed by atoms with E-state index in [0.717, 1.165) is 0 Å². The van der Waals surface area contributed by atoms with Crippen LogP contribution in [0.5, 0.6) is 0 Å². The van der Waals surface area contributed by atoms with Crippen molar-refractivity contribution in [3.05, 3.63) is 70.5 Å². The molecule has 2 N–H and O–H groups in total. The normalized spacial score (nSPS) is 12.7. The first-order valence-corrected chi connectivity index (χ1v) is 6.89. The summed E-state index contributed by atoms with van der Waals surface area (Å²) in [6.45, 7) is 1.06. The van der Waals surface area contributed by atoms with Crippen molar-refractivity contribution in [3.8, 4) is 0 Å². The Morgan fingerprint density at radius 2 is 1.90 bits per heavy atom. The summed E-state index contributed by atoms with van der Waals surface area (Å²) in [5.41, 5.74) is 7.57. The van der Waals surface area contributed by atoms with Crippen LogP contribution >= 0.6 is 11.6 Å². The van der Waals surface area contributed by atoms with E-state index in [1.165, 1.54) is 11.6 Å². The van der Waals surface area contributed by atoms with Gasteiger partial charge in [0, 0.05) is 29.7 Å². The van der Waals surface area contributed by atoms with Crippen LogP contribution in [-0.2, 0) is 6.54 Å². The molecule has 0 saturated heterocycles. The monoisotopic (exact) mass is 292 g/mol. The van der Waals surface area contributed by atoms with Crippen LogP contribution in [0, 0.1) is 5.82 Å². The molecule has 0 aromatic heterocycles. The van der Waals surface area contributed by atoms with Gasteiger partial charge >= 0.3 is 0 Å². The second kappa shape index (κ2) is 6.84. The summed E-state index contributed by atoms with van der Waals surface area (Å²) in [5.74, 6) is -0.312. The molecule has 2 aromatic carbocycles. The van der Waals surface area contributed by atoms with Gasteiger partial charge in [0.1, 0.15) is 5.82 Å². The van der Waals surface area contributed by atoms with Gasteiger partial charge in [-0.2, -0.15) is 0 Å². The molecule has 4 heteroatoms. The molecular weight excluding hydrogens is 275 g/mol. The number of nitrogens with zero attached hydrogens (tertiary/aromatic N) is 1. The molecule has 2 rings (SSSR count). The van der Waals surface area contributed by atoms with Gasteiger partial charge in [-0.25, -0.2) is 4.39 Å². The minimum absolute atomic E-state index is 0.174. The molecule has 0 saturated carbocycles. The average molecular weight is 293 g/mol. The summed E-state index contributed by atoms with van der Waals surface area (Å²) in [5, 5.41) is 0.396. The van der Waals surface area contributed by atoms with Crippen molar-refractivity contribution in [1.82, 2.24) is 4.90 Å². The molecule has 0 heterocycles. The lowest BCUT2D eigenvalue weighted by molar-refractivity contribution is 0.237. The molecule has 0 amide bonds. The first-order chi connectivity index (χ1) is 9.61. The molecule has 0 aliphatic rings. The van der Waals surface area contributed by atoms with Gasteiger partial charge in [0.25, 0.3) is 0 Å². The van der Waals surface area contributed by atoms with Crippen LogP contribution in [-0.4, -0.2) is 18.5 Å². The van der Waals surface area contributed by atoms with Crippen molar-refractivity contribution >= 4 is 11.6 Å². The Labute approximate surface area is 124 Å². The third-order valence-electron chi connectivity index (χ3n) is 3.35. The van der Waals surface area contributed by atoms with Crippen molar-refractivity contribution in [2.24, 2.45) is 5.73 Å². The molecule has 1 atom stereocenters. The molecule has 0 bridgehead atoms. The van der Waals surface area contributed by atoms with Crippen LogP contribution in [0.2, 0.25) is 5.02 Å². The van der Waals surface area contributed by atoms with Crippen LogP contribution in [0.4, 0.5) is 4.39 Å². The Morgan fingerprint density at radius 3 is 2.50 bits per heavy atom. The van der Waals surface area contributed by atoms with Crippen molar-refractivity contribution in [3.63, 3.8) is 0 Å². The Hall–Kier alpha value is -1.42. The largest absolute Gasteiger partial charge is 0.329 e. The molecular formula is C16H18ClFN2. The van der Waals surface area contributed by atoms with Crippen molar-refractivity contribution in [2.75, 3.05) is 13.6 Å². The van der Waals surface area contributed by atoms with Crippen LogP contribution < -0.4 is 5.73 Å². The second-order valence-corrected chi connectivity index (χ2v) is 5.25. The van der Waals surface area contributed by atoms with Crippen LogP contribution in [0.25, 0.3) is 0 Å². The molecule has 0 aliphatic carbocycles. The number of nitrogens with two attached hydrogens (primary N) is 1. The molecule has 1 unspecified atom stereocenters. The highest BCUT2D eigenvalue weighted by Crippen LogP contribution is 2.25. The van der Waals surface area contributed by atoms with E-state index in [1.807, 2.05) is 42.3 Å². The van der Waals surface area contributed by atoms with E-state index in [4.69, 9.17) is 17.3 Å². The topological polar surface area (TPSA) is 29.3 Å². The molecule has 2 nitrogen and oxygen atoms in total. The highest BCUT2D eigenvalue weighted by atomic mass is 35.5. The van der Waals surface area contributed by atoms with Gasteiger partial charge in [-0.3, -0.25) is 4.90 Å². The minimum Gasteiger partial charge on any atom is -0.329 e. The maximum atomic E-state index is 14.0. The molecule has 2 aromatic rings. The number of benzene rings is 2. The third-order valence-corrected chi connectivity index (χ3v) is 3.59. The van der Waals surface area contributed by atoms with E-state index in [2.05, 4.69) is 0 Å². The minimum atomic E-state index is -0.312. The zero-order valence-electron chi connectivity index (χ0n) is 11.4. The summed E-state index contributed by atoms with van der Waals surface area (Å²) in [6, 6.07) is 14.6. The van der Waals surface area contributed by atoms with Gasteiger partial charge < -0.3 is 5.73 Å². The SMILES string of the molecule is CN(Cc1ccccc1)C(CN)c1ccc(Cl)cc1F. The quantitative estimate of drug-likeness (QED) is 0.912. The smallest absolute Gasteiger partial charge is 0.129 e. The van der Waals surface area contributed by atoms with Crippen LogP contribution in [0.3, 0.4) is 0 Å². The lowest BCUT2D eigenvalue weighted by atomic mass is 10.0. The van der Waals surface area contributed by atoms with Gasteiger partial charge in [-0.05, 0) is 24.7 Å². The molecule has 0 radical (unpaired) electrons. The van der Waals surface area contributed by atoms with Crippen molar-refractivity contribution in [2.45, 2.75) is 12.6 Å². The number of hydrogen-bond donors (Lipinski definition) is 1. The fourth-order valence-corrected chi connectivity index (χ4v) is 2.46. The van der Waals surface area contributed by atoms with Gasteiger partial charge in [-0.15, -0.1) is 0 Å². The van der Waals surface area contributed by atoms with E-state index in [9.17, 15) is 4.39 Å². The standard InChI is InChI=1S/C16H18ClFN2/c1-20(11-12-5-3-2-4-6-12)16(10-19)14-8-7-13(17)9-15(14)18/h2-9,16H,10-11,19H2,1H3. The molecule has 0 spiro atoms. The third kappa shape index (κ3) is 3.57. The number of hydrogen-bond acceptors (Lipinski definition) is 2. The van der Waals surface area contributed by atoms with Gasteiger partial charge in [0.05, 0.1) is 0 Å². The molecule has 106 valence electrons. The van der Waals surface area contributed by atoms with E-state index in [1.54, 1.807) is 12.1 Å². The number of rotatable bonds is 5. The van der Waals surface area contributed by atoms with Crippen LogP contribution in [0.1, 0.15) is 17.2 Å². The van der Waals surface area contributed by atoms with E-state index in [-0.39, 0.29) is 11.9 Å². The fraction of sp³-hybridized carbons (Fsp3) is 0.250. The first kappa shape index (κ1) is 15.0. The Bertz CT molecular complexity index is 560. The Kier molecular flexibility index (Phi) is 5.12.